The third-order valence-corrected chi connectivity index (χ3v) is 7.64. The highest BCUT2D eigenvalue weighted by Crippen LogP contribution is 2.39. The fourth-order valence-electron chi connectivity index (χ4n) is 4.38. The van der Waals surface area contributed by atoms with Gasteiger partial charge in [-0.1, -0.05) is 12.8 Å². The maximum Gasteiger partial charge on any atom is 0.255 e. The van der Waals surface area contributed by atoms with Gasteiger partial charge in [-0.2, -0.15) is 0 Å². The van der Waals surface area contributed by atoms with Crippen molar-refractivity contribution in [3.63, 3.8) is 0 Å². The molecule has 160 valence electrons. The second kappa shape index (κ2) is 8.12. The van der Waals surface area contributed by atoms with Crippen molar-refractivity contribution in [1.82, 2.24) is 15.4 Å². The van der Waals surface area contributed by atoms with E-state index in [1.807, 2.05) is 0 Å². The fraction of sp³-hybridized carbons (Fsp3) is 0.650. The van der Waals surface area contributed by atoms with Crippen molar-refractivity contribution in [1.29, 1.82) is 0 Å². The number of hydrogen-bond acceptors (Lipinski definition) is 6. The molecule has 2 fully saturated rings. The summed E-state index contributed by atoms with van der Waals surface area (Å²) in [4.78, 5) is 13.2. The number of rotatable bonds is 7. The maximum absolute atomic E-state index is 13.3. The van der Waals surface area contributed by atoms with E-state index in [1.165, 1.54) is 26.0 Å². The average Bonchev–Trinajstić information content (AvgIpc) is 3.36. The number of benzene rings is 1. The van der Waals surface area contributed by atoms with Gasteiger partial charge in [0.15, 0.2) is 0 Å². The first kappa shape index (κ1) is 20.4. The molecule has 1 aromatic carbocycles. The normalized spacial score (nSPS) is 22.6. The van der Waals surface area contributed by atoms with Gasteiger partial charge in [0.25, 0.3) is 5.91 Å². The summed E-state index contributed by atoms with van der Waals surface area (Å²) in [6, 6.07) is 1.64. The van der Waals surface area contributed by atoms with E-state index in [-0.39, 0.29) is 34.1 Å². The summed E-state index contributed by atoms with van der Waals surface area (Å²) in [5.41, 5.74) is 7.19. The van der Waals surface area contributed by atoms with E-state index >= 15 is 0 Å². The standard InChI is InChI=1S/C20H30N4O4S/c1-22-29(26,27)17-11-14(19-13(18(17)21)4-3-9-28-19)20(25)24-16(10-12-6-7-12)15-5-2-8-23-15/h11-12,15-16,22-23H,2-10,21H2,1H3,(H,24,25). The van der Waals surface area contributed by atoms with Crippen LogP contribution in [0.1, 0.15) is 54.4 Å². The molecule has 3 aliphatic rings. The zero-order chi connectivity index (χ0) is 20.6. The monoisotopic (exact) mass is 422 g/mol. The highest BCUT2D eigenvalue weighted by atomic mass is 32.2. The lowest BCUT2D eigenvalue weighted by Gasteiger charge is -2.27. The number of amides is 1. The molecule has 0 aromatic heterocycles. The molecule has 0 radical (unpaired) electrons. The molecule has 2 atom stereocenters. The van der Waals surface area contributed by atoms with Crippen LogP contribution in [-0.4, -0.2) is 46.6 Å². The summed E-state index contributed by atoms with van der Waals surface area (Å²) in [5.74, 6) is 0.792. The molecule has 1 saturated carbocycles. The lowest BCUT2D eigenvalue weighted by molar-refractivity contribution is 0.0919. The van der Waals surface area contributed by atoms with Crippen LogP contribution >= 0.6 is 0 Å². The Balaban J connectivity index is 1.68. The first-order chi connectivity index (χ1) is 13.9. The highest BCUT2D eigenvalue weighted by Gasteiger charge is 2.34. The van der Waals surface area contributed by atoms with E-state index in [4.69, 9.17) is 10.5 Å². The molecule has 2 aliphatic heterocycles. The van der Waals surface area contributed by atoms with Gasteiger partial charge in [-0.3, -0.25) is 4.79 Å². The SMILES string of the molecule is CNS(=O)(=O)c1cc(C(=O)NC(CC2CC2)C2CCCN2)c2c(c1N)CCCO2. The molecule has 8 nitrogen and oxygen atoms in total. The van der Waals surface area contributed by atoms with Crippen molar-refractivity contribution in [2.45, 2.75) is 61.9 Å². The molecule has 29 heavy (non-hydrogen) atoms. The van der Waals surface area contributed by atoms with Gasteiger partial charge < -0.3 is 21.1 Å². The van der Waals surface area contributed by atoms with E-state index < -0.39 is 10.0 Å². The minimum Gasteiger partial charge on any atom is -0.492 e. The van der Waals surface area contributed by atoms with E-state index in [1.54, 1.807) is 0 Å². The Bertz CT molecular complexity index is 892. The zero-order valence-corrected chi connectivity index (χ0v) is 17.6. The first-order valence-electron chi connectivity index (χ1n) is 10.5. The van der Waals surface area contributed by atoms with Gasteiger partial charge in [0.1, 0.15) is 10.6 Å². The number of ether oxygens (including phenoxy) is 1. The third kappa shape index (κ3) is 4.22. The molecular formula is C20H30N4O4S. The van der Waals surface area contributed by atoms with Crippen LogP contribution in [0.4, 0.5) is 5.69 Å². The van der Waals surface area contributed by atoms with Crippen molar-refractivity contribution in [2.24, 2.45) is 5.92 Å². The van der Waals surface area contributed by atoms with Crippen LogP contribution in [0, 0.1) is 5.92 Å². The summed E-state index contributed by atoms with van der Waals surface area (Å²) in [5, 5.41) is 6.67. The number of hydrogen-bond donors (Lipinski definition) is 4. The molecule has 5 N–H and O–H groups in total. The van der Waals surface area contributed by atoms with Gasteiger partial charge in [0.05, 0.1) is 17.9 Å². The number of fused-ring (bicyclic) bond motifs is 1. The number of nitrogen functional groups attached to an aromatic ring is 1. The molecule has 9 heteroatoms. The van der Waals surface area contributed by atoms with Crippen molar-refractivity contribution in [3.05, 3.63) is 17.2 Å². The van der Waals surface area contributed by atoms with Crippen LogP contribution in [0.5, 0.6) is 5.75 Å². The van der Waals surface area contributed by atoms with Crippen LogP contribution in [-0.2, 0) is 16.4 Å². The molecule has 1 aliphatic carbocycles. The topological polar surface area (TPSA) is 123 Å². The second-order valence-electron chi connectivity index (χ2n) is 8.27. The van der Waals surface area contributed by atoms with Crippen molar-refractivity contribution < 1.29 is 17.9 Å². The molecule has 1 saturated heterocycles. The molecule has 0 bridgehead atoms. The molecular weight excluding hydrogens is 392 g/mol. The first-order valence-corrected chi connectivity index (χ1v) is 11.9. The van der Waals surface area contributed by atoms with E-state index in [2.05, 4.69) is 15.4 Å². The molecule has 4 rings (SSSR count). The zero-order valence-electron chi connectivity index (χ0n) is 16.8. The van der Waals surface area contributed by atoms with Gasteiger partial charge in [-0.15, -0.1) is 0 Å². The summed E-state index contributed by atoms with van der Waals surface area (Å²) < 4.78 is 33.1. The number of carbonyl (C=O) groups excluding carboxylic acids is 1. The third-order valence-electron chi connectivity index (χ3n) is 6.19. The lowest BCUT2D eigenvalue weighted by atomic mass is 9.97. The number of anilines is 1. The minimum absolute atomic E-state index is 0.0265. The number of sulfonamides is 1. The average molecular weight is 423 g/mol. The molecule has 2 unspecified atom stereocenters. The number of nitrogens with two attached hydrogens (primary N) is 1. The minimum atomic E-state index is -3.79. The number of nitrogens with one attached hydrogen (secondary N) is 3. The predicted octanol–water partition coefficient (Wildman–Crippen LogP) is 1.15. The molecule has 2 heterocycles. The summed E-state index contributed by atoms with van der Waals surface area (Å²) in [7, 11) is -2.46. The Kier molecular flexibility index (Phi) is 5.72. The van der Waals surface area contributed by atoms with Crippen molar-refractivity contribution in [3.8, 4) is 5.75 Å². The summed E-state index contributed by atoms with van der Waals surface area (Å²) in [6.07, 6.45) is 6.83. The number of carbonyl (C=O) groups is 1. The van der Waals surface area contributed by atoms with Gasteiger partial charge >= 0.3 is 0 Å². The predicted molar refractivity (Wildman–Crippen MR) is 111 cm³/mol. The van der Waals surface area contributed by atoms with E-state index in [0.29, 0.717) is 30.3 Å². The Morgan fingerprint density at radius 1 is 1.34 bits per heavy atom. The Hall–Kier alpha value is -1.84. The Morgan fingerprint density at radius 3 is 2.79 bits per heavy atom. The maximum atomic E-state index is 13.3. The van der Waals surface area contributed by atoms with Gasteiger partial charge in [0.2, 0.25) is 10.0 Å². The molecule has 1 amide bonds. The van der Waals surface area contributed by atoms with E-state index in [9.17, 15) is 13.2 Å². The fourth-order valence-corrected chi connectivity index (χ4v) is 5.29. The van der Waals surface area contributed by atoms with Gasteiger partial charge in [0, 0.05) is 17.6 Å². The molecule has 1 aromatic rings. The lowest BCUT2D eigenvalue weighted by Crippen LogP contribution is -2.48. The van der Waals surface area contributed by atoms with Crippen molar-refractivity contribution in [2.75, 3.05) is 25.9 Å². The second-order valence-corrected chi connectivity index (χ2v) is 10.1. The smallest absolute Gasteiger partial charge is 0.255 e. The highest BCUT2D eigenvalue weighted by molar-refractivity contribution is 7.89. The van der Waals surface area contributed by atoms with Crippen LogP contribution in [0.2, 0.25) is 0 Å². The largest absolute Gasteiger partial charge is 0.492 e. The molecule has 0 spiro atoms. The van der Waals surface area contributed by atoms with Gasteiger partial charge in [-0.25, -0.2) is 13.1 Å². The van der Waals surface area contributed by atoms with Crippen LogP contribution in [0.3, 0.4) is 0 Å². The van der Waals surface area contributed by atoms with E-state index in [0.717, 1.165) is 32.2 Å². The Morgan fingerprint density at radius 2 is 2.14 bits per heavy atom. The van der Waals surface area contributed by atoms with Crippen LogP contribution < -0.4 is 25.8 Å². The van der Waals surface area contributed by atoms with Crippen LogP contribution in [0.15, 0.2) is 11.0 Å². The summed E-state index contributed by atoms with van der Waals surface area (Å²) >= 11 is 0. The quantitative estimate of drug-likeness (QED) is 0.489. The van der Waals surface area contributed by atoms with Crippen LogP contribution in [0.25, 0.3) is 0 Å². The van der Waals surface area contributed by atoms with Gasteiger partial charge in [-0.05, 0) is 57.7 Å². The van der Waals surface area contributed by atoms with Crippen molar-refractivity contribution >= 4 is 21.6 Å². The summed E-state index contributed by atoms with van der Waals surface area (Å²) in [6.45, 7) is 1.45. The Labute approximate surface area is 172 Å².